The number of carboxylic acid groups (broad SMARTS) is 1. The Morgan fingerprint density at radius 3 is 2.62 bits per heavy atom. The second-order valence-corrected chi connectivity index (χ2v) is 4.47. The van der Waals surface area contributed by atoms with E-state index in [1.165, 1.54) is 36.5 Å². The molecule has 0 atom stereocenters. The van der Waals surface area contributed by atoms with Crippen molar-refractivity contribution in [3.8, 4) is 6.07 Å². The van der Waals surface area contributed by atoms with Gasteiger partial charge in [-0.05, 0) is 30.3 Å². The number of nitriles is 1. The highest BCUT2D eigenvalue weighted by molar-refractivity contribution is 6.31. The molecule has 0 saturated carbocycles. The fourth-order valence-corrected chi connectivity index (χ4v) is 1.81. The number of benzene rings is 1. The van der Waals surface area contributed by atoms with Crippen LogP contribution in [-0.2, 0) is 0 Å². The number of anilines is 1. The van der Waals surface area contributed by atoms with E-state index in [-0.39, 0.29) is 22.0 Å². The van der Waals surface area contributed by atoms with Gasteiger partial charge in [0.1, 0.15) is 11.8 Å². The van der Waals surface area contributed by atoms with Gasteiger partial charge in [0, 0.05) is 16.9 Å². The first-order valence-electron chi connectivity index (χ1n) is 5.71. The highest BCUT2D eigenvalue weighted by Crippen LogP contribution is 2.19. The van der Waals surface area contributed by atoms with Crippen LogP contribution in [0.15, 0.2) is 36.5 Å². The molecule has 0 bridgehead atoms. The summed E-state index contributed by atoms with van der Waals surface area (Å²) in [5.41, 5.74) is 0.648. The molecule has 1 aromatic heterocycles. The number of hydrogen-bond acceptors (Lipinski definition) is 4. The van der Waals surface area contributed by atoms with Crippen LogP contribution in [0.3, 0.4) is 0 Å². The normalized spacial score (nSPS) is 9.71. The fourth-order valence-electron chi connectivity index (χ4n) is 1.57. The van der Waals surface area contributed by atoms with Crippen LogP contribution in [0.25, 0.3) is 0 Å². The third-order valence-corrected chi connectivity index (χ3v) is 2.75. The van der Waals surface area contributed by atoms with Gasteiger partial charge in [-0.25, -0.2) is 9.78 Å². The van der Waals surface area contributed by atoms with Gasteiger partial charge in [-0.15, -0.1) is 0 Å². The minimum Gasteiger partial charge on any atom is -0.478 e. The van der Waals surface area contributed by atoms with E-state index >= 15 is 0 Å². The SMILES string of the molecule is N#Cc1ccc(C(=O)Nc2cc(Cl)cc(C(=O)O)c2)nc1. The molecule has 0 radical (unpaired) electrons. The minimum atomic E-state index is -1.15. The molecule has 6 nitrogen and oxygen atoms in total. The van der Waals surface area contributed by atoms with Crippen LogP contribution in [0.4, 0.5) is 5.69 Å². The van der Waals surface area contributed by atoms with Crippen molar-refractivity contribution in [2.24, 2.45) is 0 Å². The Balaban J connectivity index is 2.23. The van der Waals surface area contributed by atoms with Crippen LogP contribution in [0.5, 0.6) is 0 Å². The zero-order valence-electron chi connectivity index (χ0n) is 10.5. The van der Waals surface area contributed by atoms with Gasteiger partial charge < -0.3 is 10.4 Å². The van der Waals surface area contributed by atoms with Crippen LogP contribution < -0.4 is 5.32 Å². The van der Waals surface area contributed by atoms with Crippen molar-refractivity contribution >= 4 is 29.2 Å². The van der Waals surface area contributed by atoms with Crippen molar-refractivity contribution in [3.63, 3.8) is 0 Å². The van der Waals surface area contributed by atoms with E-state index in [9.17, 15) is 9.59 Å². The van der Waals surface area contributed by atoms with Gasteiger partial charge in [0.2, 0.25) is 0 Å². The van der Waals surface area contributed by atoms with Gasteiger partial charge in [0.05, 0.1) is 11.1 Å². The Morgan fingerprint density at radius 1 is 1.29 bits per heavy atom. The number of carbonyl (C=O) groups excluding carboxylic acids is 1. The average Bonchev–Trinajstić information content (AvgIpc) is 2.46. The molecule has 7 heteroatoms. The first kappa shape index (κ1) is 14.5. The molecule has 0 saturated heterocycles. The molecule has 0 aliphatic heterocycles. The quantitative estimate of drug-likeness (QED) is 0.906. The summed E-state index contributed by atoms with van der Waals surface area (Å²) < 4.78 is 0. The molecule has 2 aromatic rings. The summed E-state index contributed by atoms with van der Waals surface area (Å²) in [5, 5.41) is 20.3. The van der Waals surface area contributed by atoms with Gasteiger partial charge >= 0.3 is 5.97 Å². The lowest BCUT2D eigenvalue weighted by Gasteiger charge is -2.06. The molecule has 0 unspecified atom stereocenters. The van der Waals surface area contributed by atoms with Gasteiger partial charge in [-0.2, -0.15) is 5.26 Å². The molecule has 0 spiro atoms. The first-order chi connectivity index (χ1) is 9.99. The first-order valence-corrected chi connectivity index (χ1v) is 6.09. The zero-order chi connectivity index (χ0) is 15.4. The van der Waals surface area contributed by atoms with E-state index in [0.29, 0.717) is 5.56 Å². The van der Waals surface area contributed by atoms with Crippen molar-refractivity contribution in [2.75, 3.05) is 5.32 Å². The van der Waals surface area contributed by atoms with Crippen LogP contribution in [0.1, 0.15) is 26.4 Å². The second-order valence-electron chi connectivity index (χ2n) is 4.03. The molecule has 2 rings (SSSR count). The van der Waals surface area contributed by atoms with Gasteiger partial charge in [0.25, 0.3) is 5.91 Å². The van der Waals surface area contributed by atoms with E-state index in [1.54, 1.807) is 0 Å². The van der Waals surface area contributed by atoms with Crippen molar-refractivity contribution in [3.05, 3.63) is 58.4 Å². The summed E-state index contributed by atoms with van der Waals surface area (Å²) in [6.07, 6.45) is 1.27. The summed E-state index contributed by atoms with van der Waals surface area (Å²) in [4.78, 5) is 26.7. The van der Waals surface area contributed by atoms with Crippen molar-refractivity contribution < 1.29 is 14.7 Å². The number of aromatic carboxylic acids is 1. The number of pyridine rings is 1. The number of carbonyl (C=O) groups is 2. The minimum absolute atomic E-state index is 0.0365. The number of rotatable bonds is 3. The Labute approximate surface area is 124 Å². The topological polar surface area (TPSA) is 103 Å². The molecule has 104 valence electrons. The maximum atomic E-state index is 12.0. The summed E-state index contributed by atoms with van der Waals surface area (Å²) in [7, 11) is 0. The van der Waals surface area contributed by atoms with Crippen LogP contribution in [0, 0.1) is 11.3 Å². The lowest BCUT2D eigenvalue weighted by molar-refractivity contribution is 0.0696. The van der Waals surface area contributed by atoms with E-state index in [4.69, 9.17) is 22.0 Å². The highest BCUT2D eigenvalue weighted by Gasteiger charge is 2.11. The molecule has 0 aliphatic carbocycles. The molecular weight excluding hydrogens is 294 g/mol. The Bertz CT molecular complexity index is 751. The maximum Gasteiger partial charge on any atom is 0.335 e. The monoisotopic (exact) mass is 301 g/mol. The Hall–Kier alpha value is -2.91. The number of nitrogens with zero attached hydrogens (tertiary/aromatic N) is 2. The largest absolute Gasteiger partial charge is 0.478 e. The number of nitrogens with one attached hydrogen (secondary N) is 1. The zero-order valence-corrected chi connectivity index (χ0v) is 11.3. The molecule has 1 aromatic carbocycles. The molecule has 2 N–H and O–H groups in total. The van der Waals surface area contributed by atoms with Gasteiger partial charge in [-0.1, -0.05) is 11.6 Å². The highest BCUT2D eigenvalue weighted by atomic mass is 35.5. The number of halogens is 1. The molecule has 1 heterocycles. The maximum absolute atomic E-state index is 12.0. The van der Waals surface area contributed by atoms with Gasteiger partial charge in [0.15, 0.2) is 0 Å². The standard InChI is InChI=1S/C14H8ClN3O3/c15-10-3-9(14(20)21)4-11(5-10)18-13(19)12-2-1-8(6-16)7-17-12/h1-5,7H,(H,18,19)(H,20,21). The van der Waals surface area contributed by atoms with Crippen molar-refractivity contribution in [1.82, 2.24) is 4.98 Å². The Kier molecular flexibility index (Phi) is 4.16. The molecule has 21 heavy (non-hydrogen) atoms. The lowest BCUT2D eigenvalue weighted by Crippen LogP contribution is -2.14. The number of hydrogen-bond donors (Lipinski definition) is 2. The smallest absolute Gasteiger partial charge is 0.335 e. The average molecular weight is 302 g/mol. The summed E-state index contributed by atoms with van der Waals surface area (Å²) in [6, 6.07) is 8.74. The lowest BCUT2D eigenvalue weighted by atomic mass is 10.2. The predicted molar refractivity (Wildman–Crippen MR) is 75.3 cm³/mol. The fraction of sp³-hybridized carbons (Fsp3) is 0. The third-order valence-electron chi connectivity index (χ3n) is 2.53. The summed E-state index contributed by atoms with van der Waals surface area (Å²) >= 11 is 5.80. The van der Waals surface area contributed by atoms with Crippen molar-refractivity contribution in [1.29, 1.82) is 5.26 Å². The second kappa shape index (κ2) is 6.03. The summed E-state index contributed by atoms with van der Waals surface area (Å²) in [6.45, 7) is 0. The van der Waals surface area contributed by atoms with Crippen LogP contribution in [0.2, 0.25) is 5.02 Å². The number of carboxylic acids is 1. The molecule has 0 fully saturated rings. The Morgan fingerprint density at radius 2 is 2.05 bits per heavy atom. The van der Waals surface area contributed by atoms with E-state index in [0.717, 1.165) is 0 Å². The van der Waals surface area contributed by atoms with Crippen LogP contribution >= 0.6 is 11.6 Å². The van der Waals surface area contributed by atoms with Gasteiger partial charge in [-0.3, -0.25) is 4.79 Å². The van der Waals surface area contributed by atoms with Crippen molar-refractivity contribution in [2.45, 2.75) is 0 Å². The third kappa shape index (κ3) is 3.55. The summed E-state index contributed by atoms with van der Waals surface area (Å²) in [5.74, 6) is -1.68. The number of aromatic nitrogens is 1. The molecule has 0 aliphatic rings. The van der Waals surface area contributed by atoms with E-state index in [1.807, 2.05) is 6.07 Å². The molecular formula is C14H8ClN3O3. The van der Waals surface area contributed by atoms with Crippen LogP contribution in [-0.4, -0.2) is 22.0 Å². The predicted octanol–water partition coefficient (Wildman–Crippen LogP) is 2.56. The number of amides is 1. The van der Waals surface area contributed by atoms with E-state index in [2.05, 4.69) is 10.3 Å². The van der Waals surface area contributed by atoms with E-state index < -0.39 is 11.9 Å². The molecule has 1 amide bonds.